The van der Waals surface area contributed by atoms with Gasteiger partial charge in [-0.15, -0.1) is 0 Å². The SMILES string of the molecule is CC(C)(C#N)CCCCNc1cc(Cl)ccc1Br. The first-order valence-electron chi connectivity index (χ1n) is 6.05. The smallest absolute Gasteiger partial charge is 0.0683 e. The van der Waals surface area contributed by atoms with Crippen LogP contribution in [0.2, 0.25) is 5.02 Å². The fraction of sp³-hybridized carbons (Fsp3) is 0.500. The fourth-order valence-corrected chi connectivity index (χ4v) is 2.16. The van der Waals surface area contributed by atoms with E-state index in [1.54, 1.807) is 0 Å². The van der Waals surface area contributed by atoms with Gasteiger partial charge in [-0.25, -0.2) is 0 Å². The molecule has 0 saturated heterocycles. The average Bonchev–Trinajstić information content (AvgIpc) is 2.33. The van der Waals surface area contributed by atoms with Crippen LogP contribution in [0.15, 0.2) is 22.7 Å². The molecular formula is C14H18BrClN2. The Labute approximate surface area is 122 Å². The lowest BCUT2D eigenvalue weighted by molar-refractivity contribution is 0.430. The van der Waals surface area contributed by atoms with E-state index < -0.39 is 0 Å². The van der Waals surface area contributed by atoms with E-state index in [1.165, 1.54) is 0 Å². The van der Waals surface area contributed by atoms with Crippen molar-refractivity contribution in [2.75, 3.05) is 11.9 Å². The maximum Gasteiger partial charge on any atom is 0.0683 e. The number of anilines is 1. The first kappa shape index (κ1) is 15.3. The minimum atomic E-state index is -0.212. The predicted molar refractivity (Wildman–Crippen MR) is 80.9 cm³/mol. The van der Waals surface area contributed by atoms with Crippen LogP contribution in [0, 0.1) is 16.7 Å². The summed E-state index contributed by atoms with van der Waals surface area (Å²) in [5.74, 6) is 0. The van der Waals surface area contributed by atoms with Crippen molar-refractivity contribution in [3.05, 3.63) is 27.7 Å². The molecule has 0 spiro atoms. The molecule has 0 aliphatic carbocycles. The van der Waals surface area contributed by atoms with E-state index >= 15 is 0 Å². The van der Waals surface area contributed by atoms with E-state index in [4.69, 9.17) is 16.9 Å². The van der Waals surface area contributed by atoms with Crippen LogP contribution in [0.4, 0.5) is 5.69 Å². The zero-order chi connectivity index (χ0) is 13.6. The van der Waals surface area contributed by atoms with Crippen LogP contribution in [0.25, 0.3) is 0 Å². The Balaban J connectivity index is 2.30. The third kappa shape index (κ3) is 5.29. The molecule has 0 aliphatic rings. The number of nitrogens with zero attached hydrogens (tertiary/aromatic N) is 1. The highest BCUT2D eigenvalue weighted by Gasteiger charge is 2.15. The Hall–Kier alpha value is -0.720. The number of hydrogen-bond donors (Lipinski definition) is 1. The van der Waals surface area contributed by atoms with Crippen LogP contribution in [-0.4, -0.2) is 6.54 Å². The minimum absolute atomic E-state index is 0.212. The van der Waals surface area contributed by atoms with Crippen LogP contribution >= 0.6 is 27.5 Å². The first-order valence-corrected chi connectivity index (χ1v) is 7.22. The summed E-state index contributed by atoms with van der Waals surface area (Å²) in [4.78, 5) is 0. The van der Waals surface area contributed by atoms with Crippen molar-refractivity contribution >= 4 is 33.2 Å². The molecule has 1 rings (SSSR count). The van der Waals surface area contributed by atoms with E-state index in [0.717, 1.165) is 41.0 Å². The second kappa shape index (κ2) is 7.01. The summed E-state index contributed by atoms with van der Waals surface area (Å²) < 4.78 is 1.02. The molecule has 0 radical (unpaired) electrons. The average molecular weight is 330 g/mol. The van der Waals surface area contributed by atoms with Gasteiger partial charge < -0.3 is 5.32 Å². The molecule has 1 aromatic carbocycles. The summed E-state index contributed by atoms with van der Waals surface area (Å²) in [5, 5.41) is 13.0. The van der Waals surface area contributed by atoms with E-state index in [-0.39, 0.29) is 5.41 Å². The molecule has 4 heteroatoms. The molecule has 98 valence electrons. The minimum Gasteiger partial charge on any atom is -0.384 e. The van der Waals surface area contributed by atoms with Crippen molar-refractivity contribution in [2.45, 2.75) is 33.1 Å². The van der Waals surface area contributed by atoms with Gasteiger partial charge in [-0.3, -0.25) is 0 Å². The molecule has 1 N–H and O–H groups in total. The molecule has 1 aromatic rings. The molecule has 0 bridgehead atoms. The molecular weight excluding hydrogens is 312 g/mol. The number of benzene rings is 1. The Bertz CT molecular complexity index is 438. The molecule has 0 saturated carbocycles. The highest BCUT2D eigenvalue weighted by Crippen LogP contribution is 2.26. The summed E-state index contributed by atoms with van der Waals surface area (Å²) in [7, 11) is 0. The molecule has 0 heterocycles. The number of unbranched alkanes of at least 4 members (excludes halogenated alkanes) is 1. The standard InChI is InChI=1S/C14H18BrClN2/c1-14(2,10-17)7-3-4-8-18-13-9-11(16)5-6-12(13)15/h5-6,9,18H,3-4,7-8H2,1-2H3. The van der Waals surface area contributed by atoms with Crippen molar-refractivity contribution in [1.29, 1.82) is 5.26 Å². The van der Waals surface area contributed by atoms with Crippen molar-refractivity contribution in [2.24, 2.45) is 5.41 Å². The monoisotopic (exact) mass is 328 g/mol. The third-order valence-electron chi connectivity index (χ3n) is 2.78. The lowest BCUT2D eigenvalue weighted by Gasteiger charge is -2.15. The van der Waals surface area contributed by atoms with Gasteiger partial charge in [0.1, 0.15) is 0 Å². The van der Waals surface area contributed by atoms with Crippen LogP contribution in [0.1, 0.15) is 33.1 Å². The van der Waals surface area contributed by atoms with Gasteiger partial charge >= 0.3 is 0 Å². The highest BCUT2D eigenvalue weighted by molar-refractivity contribution is 9.10. The molecule has 18 heavy (non-hydrogen) atoms. The van der Waals surface area contributed by atoms with Crippen molar-refractivity contribution < 1.29 is 0 Å². The summed E-state index contributed by atoms with van der Waals surface area (Å²) in [6, 6.07) is 8.02. The van der Waals surface area contributed by atoms with Crippen molar-refractivity contribution in [3.63, 3.8) is 0 Å². The summed E-state index contributed by atoms with van der Waals surface area (Å²) in [6.07, 6.45) is 3.03. The second-order valence-corrected chi connectivity index (χ2v) is 6.29. The second-order valence-electron chi connectivity index (χ2n) is 5.00. The number of nitrogens with one attached hydrogen (secondary N) is 1. The Kier molecular flexibility index (Phi) is 5.98. The zero-order valence-corrected chi connectivity index (χ0v) is 13.1. The van der Waals surface area contributed by atoms with Gasteiger partial charge in [-0.2, -0.15) is 5.26 Å². The maximum absolute atomic E-state index is 8.91. The Morgan fingerprint density at radius 3 is 2.78 bits per heavy atom. The lowest BCUT2D eigenvalue weighted by Crippen LogP contribution is -2.09. The quantitative estimate of drug-likeness (QED) is 0.725. The van der Waals surface area contributed by atoms with Gasteiger partial charge in [0.25, 0.3) is 0 Å². The number of rotatable bonds is 6. The predicted octanol–water partition coefficient (Wildman–Crippen LogP) is 5.23. The summed E-state index contributed by atoms with van der Waals surface area (Å²) in [5.41, 5.74) is 0.804. The topological polar surface area (TPSA) is 35.8 Å². The number of hydrogen-bond acceptors (Lipinski definition) is 2. The Morgan fingerprint density at radius 2 is 2.11 bits per heavy atom. The Morgan fingerprint density at radius 1 is 1.39 bits per heavy atom. The molecule has 0 fully saturated rings. The largest absolute Gasteiger partial charge is 0.384 e. The van der Waals surface area contributed by atoms with E-state index in [1.807, 2.05) is 32.0 Å². The van der Waals surface area contributed by atoms with E-state index in [0.29, 0.717) is 0 Å². The fourth-order valence-electron chi connectivity index (χ4n) is 1.60. The van der Waals surface area contributed by atoms with Gasteiger partial charge in [0.05, 0.1) is 11.5 Å². The third-order valence-corrected chi connectivity index (χ3v) is 3.70. The first-order chi connectivity index (χ1) is 8.44. The van der Waals surface area contributed by atoms with E-state index in [9.17, 15) is 0 Å². The summed E-state index contributed by atoms with van der Waals surface area (Å²) in [6.45, 7) is 4.85. The number of halogens is 2. The van der Waals surface area contributed by atoms with Gasteiger partial charge in [-0.05, 0) is 60.8 Å². The van der Waals surface area contributed by atoms with Gasteiger partial charge in [0.15, 0.2) is 0 Å². The van der Waals surface area contributed by atoms with E-state index in [2.05, 4.69) is 27.3 Å². The van der Waals surface area contributed by atoms with Crippen LogP contribution in [0.3, 0.4) is 0 Å². The molecule has 2 nitrogen and oxygen atoms in total. The molecule has 0 aromatic heterocycles. The normalized spacial score (nSPS) is 11.1. The molecule has 0 atom stereocenters. The van der Waals surface area contributed by atoms with Gasteiger partial charge in [0, 0.05) is 21.7 Å². The lowest BCUT2D eigenvalue weighted by atomic mass is 9.89. The molecule has 0 aliphatic heterocycles. The van der Waals surface area contributed by atoms with Gasteiger partial charge in [-0.1, -0.05) is 18.0 Å². The zero-order valence-electron chi connectivity index (χ0n) is 10.8. The van der Waals surface area contributed by atoms with Crippen molar-refractivity contribution in [1.82, 2.24) is 0 Å². The van der Waals surface area contributed by atoms with Crippen LogP contribution < -0.4 is 5.32 Å². The van der Waals surface area contributed by atoms with Crippen LogP contribution in [0.5, 0.6) is 0 Å². The number of nitriles is 1. The molecule has 0 unspecified atom stereocenters. The van der Waals surface area contributed by atoms with Crippen molar-refractivity contribution in [3.8, 4) is 6.07 Å². The van der Waals surface area contributed by atoms with Crippen LogP contribution in [-0.2, 0) is 0 Å². The van der Waals surface area contributed by atoms with Gasteiger partial charge in [0.2, 0.25) is 0 Å². The maximum atomic E-state index is 8.91. The highest BCUT2D eigenvalue weighted by atomic mass is 79.9. The summed E-state index contributed by atoms with van der Waals surface area (Å²) >= 11 is 9.42. The molecule has 0 amide bonds.